The van der Waals surface area contributed by atoms with Crippen molar-refractivity contribution >= 4 is 24.5 Å². The van der Waals surface area contributed by atoms with Gasteiger partial charge in [0.2, 0.25) is 5.91 Å². The number of anilines is 1. The summed E-state index contributed by atoms with van der Waals surface area (Å²) in [7, 11) is 0. The largest absolute Gasteiger partial charge is 0.493 e. The lowest BCUT2D eigenvalue weighted by Crippen LogP contribution is -2.18. The van der Waals surface area contributed by atoms with Crippen molar-refractivity contribution in [3.05, 3.63) is 29.8 Å². The second-order valence-corrected chi connectivity index (χ2v) is 6.93. The van der Waals surface area contributed by atoms with Crippen LogP contribution in [0.4, 0.5) is 5.95 Å². The van der Waals surface area contributed by atoms with Gasteiger partial charge in [-0.2, -0.15) is 17.8 Å². The fourth-order valence-electron chi connectivity index (χ4n) is 2.62. The molecular formula is C18H27N5O2S. The molecule has 1 heterocycles. The Morgan fingerprint density at radius 2 is 2.15 bits per heavy atom. The molecule has 0 saturated heterocycles. The first-order valence-corrected chi connectivity index (χ1v) is 9.62. The lowest BCUT2D eigenvalue weighted by molar-refractivity contribution is -0.116. The maximum atomic E-state index is 11.8. The van der Waals surface area contributed by atoms with E-state index >= 15 is 0 Å². The van der Waals surface area contributed by atoms with Gasteiger partial charge in [-0.05, 0) is 42.5 Å². The predicted octanol–water partition coefficient (Wildman–Crippen LogP) is 3.42. The summed E-state index contributed by atoms with van der Waals surface area (Å²) >= 11 is 4.48. The average molecular weight is 378 g/mol. The van der Waals surface area contributed by atoms with E-state index in [1.54, 1.807) is 0 Å². The van der Waals surface area contributed by atoms with Crippen molar-refractivity contribution in [3.63, 3.8) is 0 Å². The van der Waals surface area contributed by atoms with Crippen molar-refractivity contribution in [2.75, 3.05) is 11.9 Å². The molecule has 2 aromatic rings. The van der Waals surface area contributed by atoms with E-state index in [0.29, 0.717) is 13.0 Å². The number of carbonyl (C=O) groups excluding carboxylic acids is 1. The molecule has 7 nitrogen and oxygen atoms in total. The number of nitrogens with zero attached hydrogens (tertiary/aromatic N) is 3. The summed E-state index contributed by atoms with van der Waals surface area (Å²) in [5.41, 5.74) is 1.27. The smallest absolute Gasteiger partial charge is 0.269 e. The molecule has 0 aliphatic carbocycles. The Kier molecular flexibility index (Phi) is 8.95. The van der Waals surface area contributed by atoms with Gasteiger partial charge < -0.3 is 4.74 Å². The number of tetrazole rings is 1. The van der Waals surface area contributed by atoms with Gasteiger partial charge in [-0.1, -0.05) is 43.1 Å². The minimum absolute atomic E-state index is 0.0368. The fourth-order valence-corrected chi connectivity index (χ4v) is 2.97. The van der Waals surface area contributed by atoms with Crippen molar-refractivity contribution in [1.82, 2.24) is 20.6 Å². The number of para-hydroxylation sites is 1. The molecule has 1 amide bonds. The minimum atomic E-state index is -0.173. The molecule has 26 heavy (non-hydrogen) atoms. The first-order valence-electron chi connectivity index (χ1n) is 9.11. The van der Waals surface area contributed by atoms with Gasteiger partial charge in [0.1, 0.15) is 5.75 Å². The number of thiol groups is 1. The van der Waals surface area contributed by atoms with Gasteiger partial charge in [0.05, 0.1) is 6.61 Å². The van der Waals surface area contributed by atoms with Crippen LogP contribution in [0.1, 0.15) is 51.0 Å². The molecule has 0 bridgehead atoms. The molecular weight excluding hydrogens is 350 g/mol. The van der Waals surface area contributed by atoms with Gasteiger partial charge >= 0.3 is 0 Å². The number of rotatable bonds is 12. The lowest BCUT2D eigenvalue weighted by atomic mass is 10.1. The van der Waals surface area contributed by atoms with E-state index in [2.05, 4.69) is 57.6 Å². The molecule has 2 rings (SSSR count). The predicted molar refractivity (Wildman–Crippen MR) is 105 cm³/mol. The van der Waals surface area contributed by atoms with Crippen molar-refractivity contribution in [2.24, 2.45) is 0 Å². The van der Waals surface area contributed by atoms with Crippen LogP contribution in [0, 0.1) is 0 Å². The van der Waals surface area contributed by atoms with E-state index in [4.69, 9.17) is 4.74 Å². The highest BCUT2D eigenvalue weighted by Crippen LogP contribution is 2.21. The highest BCUT2D eigenvalue weighted by Gasteiger charge is 2.12. The Bertz CT molecular complexity index is 651. The second-order valence-electron chi connectivity index (χ2n) is 6.20. The Balaban J connectivity index is 1.65. The molecule has 0 spiro atoms. The van der Waals surface area contributed by atoms with Crippen LogP contribution in [0.3, 0.4) is 0 Å². The van der Waals surface area contributed by atoms with E-state index in [-0.39, 0.29) is 17.1 Å². The maximum Gasteiger partial charge on any atom is 0.269 e. The SMILES string of the molecule is CCCCCc1ccccc1OCCCC(S)CC(=O)Nc1nn[nH]n1. The number of hydrogen-bond acceptors (Lipinski definition) is 6. The van der Waals surface area contributed by atoms with Crippen molar-refractivity contribution in [3.8, 4) is 5.75 Å². The van der Waals surface area contributed by atoms with Crippen LogP contribution in [0.25, 0.3) is 0 Å². The topological polar surface area (TPSA) is 92.8 Å². The summed E-state index contributed by atoms with van der Waals surface area (Å²) in [6.45, 7) is 2.83. The van der Waals surface area contributed by atoms with E-state index in [1.807, 2.05) is 12.1 Å². The molecule has 0 saturated carbocycles. The number of aryl methyl sites for hydroxylation is 1. The highest BCUT2D eigenvalue weighted by atomic mass is 32.1. The van der Waals surface area contributed by atoms with Crippen molar-refractivity contribution in [2.45, 2.75) is 57.1 Å². The summed E-state index contributed by atoms with van der Waals surface area (Å²) in [5.74, 6) is 0.973. The van der Waals surface area contributed by atoms with E-state index in [9.17, 15) is 4.79 Å². The third-order valence-corrected chi connectivity index (χ3v) is 4.42. The average Bonchev–Trinajstić information content (AvgIpc) is 3.13. The summed E-state index contributed by atoms with van der Waals surface area (Å²) < 4.78 is 5.94. The van der Waals surface area contributed by atoms with Gasteiger partial charge in [0.25, 0.3) is 5.95 Å². The zero-order valence-electron chi connectivity index (χ0n) is 15.1. The minimum Gasteiger partial charge on any atom is -0.493 e. The Hall–Kier alpha value is -2.09. The Labute approximate surface area is 159 Å². The van der Waals surface area contributed by atoms with Gasteiger partial charge in [0, 0.05) is 11.7 Å². The second kappa shape index (κ2) is 11.5. The molecule has 0 radical (unpaired) electrons. The first-order chi connectivity index (χ1) is 12.7. The number of nitrogens with one attached hydrogen (secondary N) is 2. The quantitative estimate of drug-likeness (QED) is 0.389. The van der Waals surface area contributed by atoms with Gasteiger partial charge in [0.15, 0.2) is 0 Å². The van der Waals surface area contributed by atoms with Crippen LogP contribution in [-0.2, 0) is 11.2 Å². The Morgan fingerprint density at radius 1 is 1.31 bits per heavy atom. The van der Waals surface area contributed by atoms with Crippen LogP contribution >= 0.6 is 12.6 Å². The molecule has 0 fully saturated rings. The lowest BCUT2D eigenvalue weighted by Gasteiger charge is -2.13. The van der Waals surface area contributed by atoms with Gasteiger partial charge in [-0.25, -0.2) is 0 Å². The monoisotopic (exact) mass is 377 g/mol. The van der Waals surface area contributed by atoms with E-state index in [1.165, 1.54) is 24.8 Å². The number of hydrogen-bond donors (Lipinski definition) is 3. The molecule has 1 aromatic heterocycles. The number of benzene rings is 1. The first kappa shape index (κ1) is 20.2. The standard InChI is InChI=1S/C18H27N5O2S/c1-2-3-4-8-14-9-5-6-11-16(14)25-12-7-10-15(26)13-17(24)19-18-20-22-23-21-18/h5-6,9,11,15,26H,2-4,7-8,10,12-13H2,1H3,(H2,19,20,21,22,23,24). The number of amides is 1. The van der Waals surface area contributed by atoms with E-state index in [0.717, 1.165) is 25.0 Å². The van der Waals surface area contributed by atoms with Crippen LogP contribution < -0.4 is 10.1 Å². The van der Waals surface area contributed by atoms with Crippen LogP contribution in [0.2, 0.25) is 0 Å². The zero-order chi connectivity index (χ0) is 18.6. The number of H-pyrrole nitrogens is 1. The number of carbonyl (C=O) groups is 1. The molecule has 142 valence electrons. The molecule has 1 atom stereocenters. The zero-order valence-corrected chi connectivity index (χ0v) is 16.0. The third kappa shape index (κ3) is 7.43. The highest BCUT2D eigenvalue weighted by molar-refractivity contribution is 7.81. The Morgan fingerprint density at radius 3 is 2.92 bits per heavy atom. The molecule has 0 aliphatic rings. The van der Waals surface area contributed by atoms with Crippen molar-refractivity contribution < 1.29 is 9.53 Å². The third-order valence-electron chi connectivity index (χ3n) is 3.98. The maximum absolute atomic E-state index is 11.8. The van der Waals surface area contributed by atoms with Crippen molar-refractivity contribution in [1.29, 1.82) is 0 Å². The van der Waals surface area contributed by atoms with Crippen LogP contribution in [-0.4, -0.2) is 38.4 Å². The molecule has 0 aliphatic heterocycles. The van der Waals surface area contributed by atoms with Crippen LogP contribution in [0.5, 0.6) is 5.75 Å². The van der Waals surface area contributed by atoms with Gasteiger partial charge in [-0.15, -0.1) is 5.10 Å². The van der Waals surface area contributed by atoms with Gasteiger partial charge in [-0.3, -0.25) is 10.1 Å². The normalized spacial score (nSPS) is 11.9. The summed E-state index contributed by atoms with van der Waals surface area (Å²) in [4.78, 5) is 11.8. The summed E-state index contributed by atoms with van der Waals surface area (Å²) in [6, 6.07) is 8.22. The molecule has 1 aromatic carbocycles. The summed E-state index contributed by atoms with van der Waals surface area (Å²) in [6.07, 6.45) is 6.62. The van der Waals surface area contributed by atoms with E-state index < -0.39 is 0 Å². The number of aromatic amines is 1. The number of aromatic nitrogens is 4. The molecule has 2 N–H and O–H groups in total. The molecule has 8 heteroatoms. The number of unbranched alkanes of at least 4 members (excludes halogenated alkanes) is 2. The fraction of sp³-hybridized carbons (Fsp3) is 0.556. The number of ether oxygens (including phenoxy) is 1. The molecule has 1 unspecified atom stereocenters. The van der Waals surface area contributed by atoms with Crippen LogP contribution in [0.15, 0.2) is 24.3 Å². The summed E-state index contributed by atoms with van der Waals surface area (Å²) in [5, 5.41) is 15.6.